The van der Waals surface area contributed by atoms with Crippen LogP contribution in [0.1, 0.15) is 22.8 Å². The van der Waals surface area contributed by atoms with Crippen molar-refractivity contribution in [3.8, 4) is 11.4 Å². The summed E-state index contributed by atoms with van der Waals surface area (Å²) in [5.74, 6) is -0.214. The first-order chi connectivity index (χ1) is 11.6. The van der Waals surface area contributed by atoms with Gasteiger partial charge in [0.25, 0.3) is 5.91 Å². The highest BCUT2D eigenvalue weighted by molar-refractivity contribution is 6.01. The van der Waals surface area contributed by atoms with Crippen molar-refractivity contribution in [2.75, 3.05) is 0 Å². The largest absolute Gasteiger partial charge is 0.508 e. The third-order valence-corrected chi connectivity index (χ3v) is 3.54. The maximum Gasteiger partial charge on any atom is 0.271 e. The zero-order valence-corrected chi connectivity index (χ0v) is 13.0. The van der Waals surface area contributed by atoms with E-state index < -0.39 is 0 Å². The van der Waals surface area contributed by atoms with E-state index in [0.717, 1.165) is 11.3 Å². The van der Waals surface area contributed by atoms with Gasteiger partial charge in [0, 0.05) is 23.6 Å². The summed E-state index contributed by atoms with van der Waals surface area (Å²) in [6.07, 6.45) is 5.32. The second-order valence-electron chi connectivity index (χ2n) is 5.20. The Morgan fingerprint density at radius 2 is 1.75 bits per heavy atom. The number of nitrogens with one attached hydrogen (secondary N) is 1. The van der Waals surface area contributed by atoms with Crippen LogP contribution in [0.4, 0.5) is 0 Å². The second kappa shape index (κ2) is 6.78. The molecule has 0 bridgehead atoms. The number of carbonyl (C=O) groups is 1. The number of nitrogens with zero attached hydrogens (tertiary/aromatic N) is 3. The fourth-order valence-electron chi connectivity index (χ4n) is 2.16. The number of rotatable bonds is 4. The van der Waals surface area contributed by atoms with Gasteiger partial charge in [0.05, 0.1) is 12.0 Å². The Kier molecular flexibility index (Phi) is 4.38. The van der Waals surface area contributed by atoms with Gasteiger partial charge in [0.1, 0.15) is 5.75 Å². The Labute approximate surface area is 139 Å². The van der Waals surface area contributed by atoms with Crippen molar-refractivity contribution in [1.82, 2.24) is 15.0 Å². The van der Waals surface area contributed by atoms with Gasteiger partial charge in [-0.05, 0) is 48.9 Å². The maximum atomic E-state index is 12.0. The topological polar surface area (TPSA) is 79.5 Å². The highest BCUT2D eigenvalue weighted by Gasteiger charge is 2.05. The number of hydrogen-bond acceptors (Lipinski definition) is 4. The molecule has 0 saturated carbocycles. The Morgan fingerprint density at radius 3 is 2.38 bits per heavy atom. The number of aromatic hydroxyl groups is 1. The standard InChI is InChI=1S/C18H16N4O2/c1-13(20-21-18(24)15-4-8-17(23)9-5-15)14-2-6-16(7-3-14)22-11-10-19-12-22/h2-12,23H,1H3,(H,21,24). The molecule has 24 heavy (non-hydrogen) atoms. The Balaban J connectivity index is 1.69. The SMILES string of the molecule is CC(=NNC(=O)c1ccc(O)cc1)c1ccc(-n2ccnc2)cc1. The van der Waals surface area contributed by atoms with E-state index in [-0.39, 0.29) is 11.7 Å². The zero-order chi connectivity index (χ0) is 16.9. The Bertz CT molecular complexity index is 851. The van der Waals surface area contributed by atoms with Crippen LogP contribution in [0.15, 0.2) is 72.4 Å². The lowest BCUT2D eigenvalue weighted by Crippen LogP contribution is -2.19. The van der Waals surface area contributed by atoms with Crippen LogP contribution in [0.25, 0.3) is 5.69 Å². The minimum absolute atomic E-state index is 0.115. The smallest absolute Gasteiger partial charge is 0.271 e. The third kappa shape index (κ3) is 3.49. The molecule has 3 aromatic rings. The highest BCUT2D eigenvalue weighted by atomic mass is 16.3. The molecule has 2 aromatic carbocycles. The van der Waals surface area contributed by atoms with E-state index in [0.29, 0.717) is 11.3 Å². The molecule has 3 rings (SSSR count). The van der Waals surface area contributed by atoms with Crippen molar-refractivity contribution in [1.29, 1.82) is 0 Å². The molecule has 0 atom stereocenters. The first-order valence-electron chi connectivity index (χ1n) is 7.36. The molecule has 2 N–H and O–H groups in total. The predicted octanol–water partition coefficient (Wildman–Crippen LogP) is 2.73. The normalized spacial score (nSPS) is 11.3. The van der Waals surface area contributed by atoms with Crippen LogP contribution in [-0.4, -0.2) is 26.3 Å². The highest BCUT2D eigenvalue weighted by Crippen LogP contribution is 2.11. The van der Waals surface area contributed by atoms with Gasteiger partial charge in [-0.25, -0.2) is 10.4 Å². The second-order valence-corrected chi connectivity index (χ2v) is 5.20. The predicted molar refractivity (Wildman–Crippen MR) is 91.3 cm³/mol. The summed E-state index contributed by atoms with van der Waals surface area (Å²) >= 11 is 0. The summed E-state index contributed by atoms with van der Waals surface area (Å²) < 4.78 is 1.91. The molecular weight excluding hydrogens is 304 g/mol. The molecule has 1 aromatic heterocycles. The number of carbonyl (C=O) groups excluding carboxylic acids is 1. The van der Waals surface area contributed by atoms with Gasteiger partial charge in [-0.1, -0.05) is 12.1 Å². The zero-order valence-electron chi connectivity index (χ0n) is 13.0. The van der Waals surface area contributed by atoms with Crippen molar-refractivity contribution in [2.45, 2.75) is 6.92 Å². The van der Waals surface area contributed by atoms with Crippen molar-refractivity contribution in [3.63, 3.8) is 0 Å². The Morgan fingerprint density at radius 1 is 1.08 bits per heavy atom. The van der Waals surface area contributed by atoms with Gasteiger partial charge >= 0.3 is 0 Å². The molecule has 6 heteroatoms. The third-order valence-electron chi connectivity index (χ3n) is 3.54. The molecular formula is C18H16N4O2. The van der Waals surface area contributed by atoms with Crippen molar-refractivity contribution >= 4 is 11.6 Å². The summed E-state index contributed by atoms with van der Waals surface area (Å²) in [5.41, 5.74) is 5.54. The van der Waals surface area contributed by atoms with E-state index in [4.69, 9.17) is 0 Å². The van der Waals surface area contributed by atoms with E-state index in [1.54, 1.807) is 12.5 Å². The number of aromatic nitrogens is 2. The number of imidazole rings is 1. The number of hydrazone groups is 1. The maximum absolute atomic E-state index is 12.0. The van der Waals surface area contributed by atoms with Crippen molar-refractivity contribution in [2.24, 2.45) is 5.10 Å². The number of amides is 1. The number of benzene rings is 2. The minimum Gasteiger partial charge on any atom is -0.508 e. The van der Waals surface area contributed by atoms with Crippen molar-refractivity contribution in [3.05, 3.63) is 78.4 Å². The van der Waals surface area contributed by atoms with Gasteiger partial charge in [-0.15, -0.1) is 0 Å². The number of phenols is 1. The van der Waals surface area contributed by atoms with Crippen LogP contribution in [0, 0.1) is 0 Å². The average Bonchev–Trinajstić information content (AvgIpc) is 3.15. The molecule has 0 saturated heterocycles. The molecule has 0 radical (unpaired) electrons. The summed E-state index contributed by atoms with van der Waals surface area (Å²) in [4.78, 5) is 16.0. The molecule has 6 nitrogen and oxygen atoms in total. The van der Waals surface area contributed by atoms with Crippen LogP contribution in [0.5, 0.6) is 5.75 Å². The molecule has 0 fully saturated rings. The first-order valence-corrected chi connectivity index (χ1v) is 7.36. The van der Waals surface area contributed by atoms with Crippen molar-refractivity contribution < 1.29 is 9.90 Å². The summed E-state index contributed by atoms with van der Waals surface area (Å²) in [5, 5.41) is 13.4. The molecule has 1 heterocycles. The van der Waals surface area contributed by atoms with Crippen LogP contribution >= 0.6 is 0 Å². The monoisotopic (exact) mass is 320 g/mol. The summed E-state index contributed by atoms with van der Waals surface area (Å²) in [7, 11) is 0. The van der Waals surface area contributed by atoms with E-state index >= 15 is 0 Å². The molecule has 0 aliphatic heterocycles. The Hall–Kier alpha value is -3.41. The lowest BCUT2D eigenvalue weighted by molar-refractivity contribution is 0.0955. The molecule has 0 unspecified atom stereocenters. The fraction of sp³-hybridized carbons (Fsp3) is 0.0556. The number of hydrogen-bond donors (Lipinski definition) is 2. The van der Waals surface area contributed by atoms with Gasteiger partial charge < -0.3 is 9.67 Å². The number of phenolic OH excluding ortho intramolecular Hbond substituents is 1. The van der Waals surface area contributed by atoms with Gasteiger partial charge in [-0.2, -0.15) is 5.10 Å². The van der Waals surface area contributed by atoms with Gasteiger partial charge in [0.2, 0.25) is 0 Å². The molecule has 0 aliphatic rings. The van der Waals surface area contributed by atoms with E-state index in [1.165, 1.54) is 24.3 Å². The van der Waals surface area contributed by atoms with Crippen LogP contribution < -0.4 is 5.43 Å². The van der Waals surface area contributed by atoms with E-state index in [2.05, 4.69) is 15.5 Å². The minimum atomic E-state index is -0.329. The van der Waals surface area contributed by atoms with Gasteiger partial charge in [0.15, 0.2) is 0 Å². The quantitative estimate of drug-likeness (QED) is 0.573. The van der Waals surface area contributed by atoms with Crippen LogP contribution in [0.3, 0.4) is 0 Å². The first kappa shape index (κ1) is 15.5. The molecule has 1 amide bonds. The molecule has 0 aliphatic carbocycles. The van der Waals surface area contributed by atoms with Crippen LogP contribution in [0.2, 0.25) is 0 Å². The van der Waals surface area contributed by atoms with Crippen LogP contribution in [-0.2, 0) is 0 Å². The fourth-order valence-corrected chi connectivity index (χ4v) is 2.16. The van der Waals surface area contributed by atoms with Gasteiger partial charge in [-0.3, -0.25) is 4.79 Å². The lowest BCUT2D eigenvalue weighted by atomic mass is 10.1. The average molecular weight is 320 g/mol. The van der Waals surface area contributed by atoms with E-state index in [9.17, 15) is 9.90 Å². The van der Waals surface area contributed by atoms with E-state index in [1.807, 2.05) is 42.0 Å². The molecule has 120 valence electrons. The molecule has 0 spiro atoms. The summed E-state index contributed by atoms with van der Waals surface area (Å²) in [6.45, 7) is 1.82. The lowest BCUT2D eigenvalue weighted by Gasteiger charge is -2.05. The summed E-state index contributed by atoms with van der Waals surface area (Å²) in [6, 6.07) is 13.8.